The lowest BCUT2D eigenvalue weighted by atomic mass is 10.5. The van der Waals surface area contributed by atoms with Gasteiger partial charge in [0.2, 0.25) is 0 Å². The monoisotopic (exact) mass is 172 g/mol. The SMILES string of the molecule is C=C.C=C.O=C(O)C=CC(=O)O. The van der Waals surface area contributed by atoms with E-state index in [1.807, 2.05) is 0 Å². The summed E-state index contributed by atoms with van der Waals surface area (Å²) in [6.07, 6.45) is 1.12. The Morgan fingerprint density at radius 1 is 0.833 bits per heavy atom. The lowest BCUT2D eigenvalue weighted by Crippen LogP contribution is -1.91. The maximum absolute atomic E-state index is 9.55. The van der Waals surface area contributed by atoms with Gasteiger partial charge in [0, 0.05) is 12.2 Å². The van der Waals surface area contributed by atoms with E-state index < -0.39 is 11.9 Å². The molecule has 0 aliphatic heterocycles. The Labute approximate surface area is 71.1 Å². The molecule has 0 fully saturated rings. The number of hydrogen-bond donors (Lipinski definition) is 2. The van der Waals surface area contributed by atoms with E-state index in [1.54, 1.807) is 0 Å². The van der Waals surface area contributed by atoms with Crippen molar-refractivity contribution in [3.63, 3.8) is 0 Å². The second-order valence-electron chi connectivity index (χ2n) is 1.01. The highest BCUT2D eigenvalue weighted by molar-refractivity contribution is 5.89. The zero-order valence-corrected chi connectivity index (χ0v) is 6.69. The summed E-state index contributed by atoms with van der Waals surface area (Å²) in [6, 6.07) is 0. The first-order valence-electron chi connectivity index (χ1n) is 2.77. The molecule has 4 heteroatoms. The van der Waals surface area contributed by atoms with E-state index in [0.29, 0.717) is 12.2 Å². The molecular weight excluding hydrogens is 160 g/mol. The van der Waals surface area contributed by atoms with Gasteiger partial charge in [0.15, 0.2) is 0 Å². The summed E-state index contributed by atoms with van der Waals surface area (Å²) >= 11 is 0. The number of aliphatic carboxylic acids is 2. The van der Waals surface area contributed by atoms with Crippen LogP contribution in [0, 0.1) is 0 Å². The molecule has 0 spiro atoms. The third kappa shape index (κ3) is 41.9. The van der Waals surface area contributed by atoms with E-state index in [9.17, 15) is 9.59 Å². The fourth-order valence-electron chi connectivity index (χ4n) is 0.143. The molecule has 0 saturated heterocycles. The summed E-state index contributed by atoms with van der Waals surface area (Å²) < 4.78 is 0. The summed E-state index contributed by atoms with van der Waals surface area (Å²) in [4.78, 5) is 19.1. The van der Waals surface area contributed by atoms with Gasteiger partial charge in [-0.25, -0.2) is 9.59 Å². The molecule has 0 bridgehead atoms. The molecule has 0 unspecified atom stereocenters. The molecule has 12 heavy (non-hydrogen) atoms. The molecule has 0 amide bonds. The van der Waals surface area contributed by atoms with Crippen LogP contribution in [0.2, 0.25) is 0 Å². The van der Waals surface area contributed by atoms with Crippen LogP contribution in [0.1, 0.15) is 0 Å². The Kier molecular flexibility index (Phi) is 22.3. The molecule has 68 valence electrons. The van der Waals surface area contributed by atoms with Gasteiger partial charge in [-0.2, -0.15) is 0 Å². The molecule has 0 aromatic carbocycles. The van der Waals surface area contributed by atoms with Crippen LogP contribution < -0.4 is 0 Å². The number of carboxylic acids is 2. The van der Waals surface area contributed by atoms with Gasteiger partial charge in [-0.1, -0.05) is 0 Å². The van der Waals surface area contributed by atoms with Crippen LogP contribution in [-0.4, -0.2) is 22.2 Å². The minimum Gasteiger partial charge on any atom is -0.478 e. The van der Waals surface area contributed by atoms with Crippen LogP contribution in [0.25, 0.3) is 0 Å². The van der Waals surface area contributed by atoms with Gasteiger partial charge in [-0.15, -0.1) is 26.3 Å². The molecule has 2 N–H and O–H groups in total. The van der Waals surface area contributed by atoms with Crippen molar-refractivity contribution >= 4 is 11.9 Å². The number of rotatable bonds is 2. The lowest BCUT2D eigenvalue weighted by Gasteiger charge is -1.74. The third-order valence-corrected chi connectivity index (χ3v) is 0.368. The molecule has 0 radical (unpaired) electrons. The molecule has 0 atom stereocenters. The molecule has 0 heterocycles. The maximum Gasteiger partial charge on any atom is 0.328 e. The molecule has 0 aromatic rings. The van der Waals surface area contributed by atoms with Crippen molar-refractivity contribution in [3.8, 4) is 0 Å². The molecular formula is C8H12O4. The van der Waals surface area contributed by atoms with E-state index in [0.717, 1.165) is 0 Å². The Morgan fingerprint density at radius 2 is 1.00 bits per heavy atom. The topological polar surface area (TPSA) is 74.6 Å². The standard InChI is InChI=1S/C4H4O4.2C2H4/c5-3(6)1-2-4(7)8;2*1-2/h1-2H,(H,5,6)(H,7,8);2*1-2H2. The summed E-state index contributed by atoms with van der Waals surface area (Å²) in [6.45, 7) is 12.0. The average molecular weight is 172 g/mol. The largest absolute Gasteiger partial charge is 0.478 e. The molecule has 0 aliphatic rings. The van der Waals surface area contributed by atoms with E-state index in [1.165, 1.54) is 0 Å². The highest BCUT2D eigenvalue weighted by Gasteiger charge is 1.88. The van der Waals surface area contributed by atoms with Crippen molar-refractivity contribution < 1.29 is 19.8 Å². The van der Waals surface area contributed by atoms with Crippen molar-refractivity contribution in [1.29, 1.82) is 0 Å². The van der Waals surface area contributed by atoms with E-state index >= 15 is 0 Å². The van der Waals surface area contributed by atoms with Crippen LogP contribution in [0.4, 0.5) is 0 Å². The summed E-state index contributed by atoms with van der Waals surface area (Å²) in [5.41, 5.74) is 0. The number of carbonyl (C=O) groups is 2. The minimum atomic E-state index is -1.26. The van der Waals surface area contributed by atoms with E-state index in [4.69, 9.17) is 10.2 Å². The van der Waals surface area contributed by atoms with Gasteiger partial charge < -0.3 is 10.2 Å². The smallest absolute Gasteiger partial charge is 0.328 e. The molecule has 0 saturated carbocycles. The number of carboxylic acid groups (broad SMARTS) is 2. The first kappa shape index (κ1) is 16.6. The van der Waals surface area contributed by atoms with Gasteiger partial charge >= 0.3 is 11.9 Å². The van der Waals surface area contributed by atoms with Gasteiger partial charge in [0.25, 0.3) is 0 Å². The van der Waals surface area contributed by atoms with Crippen LogP contribution in [-0.2, 0) is 9.59 Å². The first-order valence-corrected chi connectivity index (χ1v) is 2.77. The predicted octanol–water partition coefficient (Wildman–Crippen LogP) is 1.32. The van der Waals surface area contributed by atoms with Crippen molar-refractivity contribution in [2.24, 2.45) is 0 Å². The van der Waals surface area contributed by atoms with Gasteiger partial charge in [-0.05, 0) is 0 Å². The maximum atomic E-state index is 9.55. The van der Waals surface area contributed by atoms with E-state index in [2.05, 4.69) is 26.3 Å². The predicted molar refractivity (Wildman–Crippen MR) is 46.9 cm³/mol. The second kappa shape index (κ2) is 16.1. The Balaban J connectivity index is -0.000000175. The van der Waals surface area contributed by atoms with Crippen LogP contribution in [0.15, 0.2) is 38.5 Å². The normalized spacial score (nSPS) is 7.00. The minimum absolute atomic E-state index is 0.558. The molecule has 4 nitrogen and oxygen atoms in total. The Hall–Kier alpha value is -1.84. The molecule has 0 aliphatic carbocycles. The fraction of sp³-hybridized carbons (Fsp3) is 0. The van der Waals surface area contributed by atoms with Crippen molar-refractivity contribution in [2.75, 3.05) is 0 Å². The Morgan fingerprint density at radius 3 is 1.08 bits per heavy atom. The number of hydrogen-bond acceptors (Lipinski definition) is 2. The third-order valence-electron chi connectivity index (χ3n) is 0.368. The zero-order valence-electron chi connectivity index (χ0n) is 6.69. The first-order chi connectivity index (χ1) is 5.63. The van der Waals surface area contributed by atoms with Gasteiger partial charge in [0.1, 0.15) is 0 Å². The van der Waals surface area contributed by atoms with Crippen molar-refractivity contribution in [1.82, 2.24) is 0 Å². The molecule has 0 rings (SSSR count). The van der Waals surface area contributed by atoms with Crippen molar-refractivity contribution in [2.45, 2.75) is 0 Å². The second-order valence-corrected chi connectivity index (χ2v) is 1.01. The average Bonchev–Trinajstić information content (AvgIpc) is 2.08. The lowest BCUT2D eigenvalue weighted by molar-refractivity contribution is -0.134. The molecule has 0 aromatic heterocycles. The van der Waals surface area contributed by atoms with Crippen LogP contribution >= 0.6 is 0 Å². The van der Waals surface area contributed by atoms with Gasteiger partial charge in [0.05, 0.1) is 0 Å². The van der Waals surface area contributed by atoms with E-state index in [-0.39, 0.29) is 0 Å². The summed E-state index contributed by atoms with van der Waals surface area (Å²) in [5, 5.41) is 15.6. The van der Waals surface area contributed by atoms with Crippen LogP contribution in [0.5, 0.6) is 0 Å². The highest BCUT2D eigenvalue weighted by Crippen LogP contribution is 1.70. The fourth-order valence-corrected chi connectivity index (χ4v) is 0.143. The Bertz CT molecular complexity index is 142. The quantitative estimate of drug-likeness (QED) is 0.486. The zero-order chi connectivity index (χ0) is 10.6. The summed E-state index contributed by atoms with van der Waals surface area (Å²) in [7, 11) is 0. The highest BCUT2D eigenvalue weighted by atomic mass is 16.4. The van der Waals surface area contributed by atoms with Gasteiger partial charge in [-0.3, -0.25) is 0 Å². The van der Waals surface area contributed by atoms with Crippen LogP contribution in [0.3, 0.4) is 0 Å². The summed E-state index contributed by atoms with van der Waals surface area (Å²) in [5.74, 6) is -2.51. The van der Waals surface area contributed by atoms with Crippen molar-refractivity contribution in [3.05, 3.63) is 38.5 Å².